The molecule has 0 aliphatic carbocycles. The summed E-state index contributed by atoms with van der Waals surface area (Å²) in [4.78, 5) is 31.6. The molecule has 6 heteroatoms. The molecule has 1 fully saturated rings. The largest absolute Gasteiger partial charge is 0.507 e. The van der Waals surface area contributed by atoms with Gasteiger partial charge in [-0.2, -0.15) is 0 Å². The number of anilines is 1. The molecule has 0 radical (unpaired) electrons. The molecule has 1 amide bonds. The first-order valence-electron chi connectivity index (χ1n) is 10.0. The van der Waals surface area contributed by atoms with Crippen molar-refractivity contribution in [3.05, 3.63) is 95.3 Å². The molecule has 1 saturated heterocycles. The van der Waals surface area contributed by atoms with Crippen molar-refractivity contribution in [3.63, 3.8) is 0 Å². The molecule has 31 heavy (non-hydrogen) atoms. The molecule has 2 heterocycles. The van der Waals surface area contributed by atoms with E-state index < -0.39 is 17.7 Å². The second kappa shape index (κ2) is 8.44. The second-order valence-electron chi connectivity index (χ2n) is 7.25. The molecule has 0 bridgehead atoms. The number of amides is 1. The Labute approximate surface area is 180 Å². The fourth-order valence-electron chi connectivity index (χ4n) is 3.77. The Morgan fingerprint density at radius 3 is 2.42 bits per heavy atom. The van der Waals surface area contributed by atoms with Crippen LogP contribution >= 0.6 is 0 Å². The number of hydrogen-bond donors (Lipinski definition) is 1. The van der Waals surface area contributed by atoms with Gasteiger partial charge in [-0.1, -0.05) is 24.3 Å². The van der Waals surface area contributed by atoms with Crippen LogP contribution in [0, 0.1) is 6.92 Å². The van der Waals surface area contributed by atoms with E-state index in [0.29, 0.717) is 29.2 Å². The van der Waals surface area contributed by atoms with Crippen molar-refractivity contribution >= 4 is 23.1 Å². The number of Topliss-reactive ketones (excluding diaryl/α,β-unsaturated/α-hetero) is 1. The molecule has 1 N–H and O–H groups in total. The van der Waals surface area contributed by atoms with E-state index in [1.807, 2.05) is 44.2 Å². The van der Waals surface area contributed by atoms with Crippen molar-refractivity contribution in [2.75, 3.05) is 11.5 Å². The van der Waals surface area contributed by atoms with Gasteiger partial charge in [-0.25, -0.2) is 0 Å². The second-order valence-corrected chi connectivity index (χ2v) is 7.25. The van der Waals surface area contributed by atoms with Crippen LogP contribution < -0.4 is 9.64 Å². The summed E-state index contributed by atoms with van der Waals surface area (Å²) in [6.07, 6.45) is 3.05. The molecule has 1 unspecified atom stereocenters. The number of aryl methyl sites for hydroxylation is 1. The third-order valence-electron chi connectivity index (χ3n) is 5.18. The van der Waals surface area contributed by atoms with Gasteiger partial charge in [0.25, 0.3) is 11.7 Å². The average molecular weight is 414 g/mol. The molecule has 0 spiro atoms. The van der Waals surface area contributed by atoms with E-state index in [-0.39, 0.29) is 11.3 Å². The van der Waals surface area contributed by atoms with Crippen molar-refractivity contribution in [3.8, 4) is 5.75 Å². The molecular formula is C25H22N2O4. The number of ether oxygens (including phenoxy) is 1. The number of ketones is 1. The fraction of sp³-hybridized carbons (Fsp3) is 0.160. The molecule has 4 rings (SSSR count). The number of carbonyl (C=O) groups excluding carboxylic acids is 2. The first-order chi connectivity index (χ1) is 15.0. The van der Waals surface area contributed by atoms with Crippen molar-refractivity contribution < 1.29 is 19.4 Å². The Morgan fingerprint density at radius 1 is 1.06 bits per heavy atom. The predicted molar refractivity (Wildman–Crippen MR) is 118 cm³/mol. The van der Waals surface area contributed by atoms with Gasteiger partial charge in [0, 0.05) is 23.6 Å². The molecule has 0 saturated carbocycles. The lowest BCUT2D eigenvalue weighted by Crippen LogP contribution is -2.29. The molecule has 6 nitrogen and oxygen atoms in total. The van der Waals surface area contributed by atoms with Crippen LogP contribution in [0.2, 0.25) is 0 Å². The van der Waals surface area contributed by atoms with Crippen molar-refractivity contribution in [1.82, 2.24) is 4.98 Å². The number of aliphatic hydroxyl groups is 1. The Kier molecular flexibility index (Phi) is 5.54. The zero-order chi connectivity index (χ0) is 22.0. The normalized spacial score (nSPS) is 17.7. The van der Waals surface area contributed by atoms with E-state index in [9.17, 15) is 14.7 Å². The Balaban J connectivity index is 1.91. The standard InChI is InChI=1S/C25H22N2O4/c1-3-31-20-9-7-17(8-10-20)22-21(23(28)18-11-13-26-14-12-18)24(29)25(30)27(22)19-6-4-5-16(2)15-19/h4-15,22,28H,3H2,1-2H3/b23-21+. The lowest BCUT2D eigenvalue weighted by molar-refractivity contribution is -0.132. The molecule has 156 valence electrons. The molecule has 1 aliphatic rings. The summed E-state index contributed by atoms with van der Waals surface area (Å²) in [7, 11) is 0. The van der Waals surface area contributed by atoms with Gasteiger partial charge in [0.15, 0.2) is 0 Å². The summed E-state index contributed by atoms with van der Waals surface area (Å²) in [6, 6.07) is 17.0. The number of nitrogens with zero attached hydrogens (tertiary/aromatic N) is 2. The van der Waals surface area contributed by atoms with E-state index in [1.165, 1.54) is 17.3 Å². The molecule has 1 atom stereocenters. The highest BCUT2D eigenvalue weighted by Crippen LogP contribution is 2.42. The van der Waals surface area contributed by atoms with E-state index >= 15 is 0 Å². The van der Waals surface area contributed by atoms with Crippen LogP contribution in [0.4, 0.5) is 5.69 Å². The molecular weight excluding hydrogens is 392 g/mol. The number of carbonyl (C=O) groups is 2. The number of aromatic nitrogens is 1. The maximum absolute atomic E-state index is 13.1. The average Bonchev–Trinajstić information content (AvgIpc) is 3.05. The van der Waals surface area contributed by atoms with Crippen LogP contribution in [-0.2, 0) is 9.59 Å². The lowest BCUT2D eigenvalue weighted by Gasteiger charge is -2.26. The fourth-order valence-corrected chi connectivity index (χ4v) is 3.77. The van der Waals surface area contributed by atoms with E-state index in [0.717, 1.165) is 5.56 Å². The van der Waals surface area contributed by atoms with Gasteiger partial charge in [-0.3, -0.25) is 19.5 Å². The van der Waals surface area contributed by atoms with Crippen LogP contribution in [-0.4, -0.2) is 28.4 Å². The van der Waals surface area contributed by atoms with Crippen LogP contribution in [0.5, 0.6) is 5.75 Å². The number of hydrogen-bond acceptors (Lipinski definition) is 5. The topological polar surface area (TPSA) is 79.7 Å². The molecule has 1 aliphatic heterocycles. The number of benzene rings is 2. The van der Waals surface area contributed by atoms with Crippen molar-refractivity contribution in [2.24, 2.45) is 0 Å². The SMILES string of the molecule is CCOc1ccc(C2/C(=C(\O)c3ccncc3)C(=O)C(=O)N2c2cccc(C)c2)cc1. The minimum absolute atomic E-state index is 0.0434. The number of rotatable bonds is 5. The zero-order valence-corrected chi connectivity index (χ0v) is 17.3. The van der Waals surface area contributed by atoms with Gasteiger partial charge >= 0.3 is 0 Å². The van der Waals surface area contributed by atoms with Gasteiger partial charge in [-0.15, -0.1) is 0 Å². The van der Waals surface area contributed by atoms with Gasteiger partial charge in [-0.05, 0) is 61.4 Å². The van der Waals surface area contributed by atoms with Crippen molar-refractivity contribution in [2.45, 2.75) is 19.9 Å². The Hall–Kier alpha value is -3.93. The predicted octanol–water partition coefficient (Wildman–Crippen LogP) is 4.42. The smallest absolute Gasteiger partial charge is 0.300 e. The van der Waals surface area contributed by atoms with Crippen molar-refractivity contribution in [1.29, 1.82) is 0 Å². The first kappa shape index (κ1) is 20.3. The lowest BCUT2D eigenvalue weighted by atomic mass is 9.95. The Bertz CT molecular complexity index is 1150. The maximum Gasteiger partial charge on any atom is 0.300 e. The van der Waals surface area contributed by atoms with Gasteiger partial charge in [0.05, 0.1) is 18.2 Å². The molecule has 1 aromatic heterocycles. The molecule has 2 aromatic carbocycles. The Morgan fingerprint density at radius 2 is 1.77 bits per heavy atom. The summed E-state index contributed by atoms with van der Waals surface area (Å²) in [5.74, 6) is -0.947. The minimum Gasteiger partial charge on any atom is -0.507 e. The summed E-state index contributed by atoms with van der Waals surface area (Å²) >= 11 is 0. The first-order valence-corrected chi connectivity index (χ1v) is 10.0. The van der Waals surface area contributed by atoms with E-state index in [1.54, 1.807) is 30.3 Å². The number of pyridine rings is 1. The summed E-state index contributed by atoms with van der Waals surface area (Å²) in [6.45, 7) is 4.35. The quantitative estimate of drug-likeness (QED) is 0.380. The van der Waals surface area contributed by atoms with Crippen LogP contribution in [0.25, 0.3) is 5.76 Å². The third kappa shape index (κ3) is 3.80. The van der Waals surface area contributed by atoms with Crippen LogP contribution in [0.3, 0.4) is 0 Å². The third-order valence-corrected chi connectivity index (χ3v) is 5.18. The van der Waals surface area contributed by atoms with E-state index in [2.05, 4.69) is 4.98 Å². The van der Waals surface area contributed by atoms with Gasteiger partial charge in [0.1, 0.15) is 11.5 Å². The van der Waals surface area contributed by atoms with Gasteiger partial charge in [0.2, 0.25) is 0 Å². The summed E-state index contributed by atoms with van der Waals surface area (Å²) in [5, 5.41) is 11.0. The maximum atomic E-state index is 13.1. The van der Waals surface area contributed by atoms with E-state index in [4.69, 9.17) is 4.74 Å². The number of aliphatic hydroxyl groups excluding tert-OH is 1. The van der Waals surface area contributed by atoms with Crippen LogP contribution in [0.1, 0.15) is 29.7 Å². The zero-order valence-electron chi connectivity index (χ0n) is 17.3. The monoisotopic (exact) mass is 414 g/mol. The summed E-state index contributed by atoms with van der Waals surface area (Å²) in [5.41, 5.74) is 2.71. The highest BCUT2D eigenvalue weighted by Gasteiger charge is 2.46. The van der Waals surface area contributed by atoms with Crippen LogP contribution in [0.15, 0.2) is 78.6 Å². The molecule has 3 aromatic rings. The highest BCUT2D eigenvalue weighted by atomic mass is 16.5. The minimum atomic E-state index is -0.773. The van der Waals surface area contributed by atoms with Gasteiger partial charge < -0.3 is 9.84 Å². The summed E-state index contributed by atoms with van der Waals surface area (Å²) < 4.78 is 5.52. The highest BCUT2D eigenvalue weighted by molar-refractivity contribution is 6.51.